The summed E-state index contributed by atoms with van der Waals surface area (Å²) in [5, 5.41) is 10.1. The van der Waals surface area contributed by atoms with Crippen LogP contribution in [0.25, 0.3) is 0 Å². The molecule has 0 saturated heterocycles. The van der Waals surface area contributed by atoms with E-state index in [2.05, 4.69) is 24.1 Å². The molecule has 5 heteroatoms. The Kier molecular flexibility index (Phi) is 2.80. The van der Waals surface area contributed by atoms with Gasteiger partial charge in [0.15, 0.2) is 23.0 Å². The van der Waals surface area contributed by atoms with E-state index < -0.39 is 0 Å². The van der Waals surface area contributed by atoms with Gasteiger partial charge in [0.25, 0.3) is 0 Å². The SMILES string of the molecule is COc1cc2c(cc1O)C[C@H]1c3cc4c(cc3C[C@@H]2N1C)OCO4. The third kappa shape index (κ3) is 1.79. The Labute approximate surface area is 140 Å². The van der Waals surface area contributed by atoms with E-state index >= 15 is 0 Å². The van der Waals surface area contributed by atoms with E-state index in [1.54, 1.807) is 7.11 Å². The highest BCUT2D eigenvalue weighted by molar-refractivity contribution is 5.55. The molecule has 0 radical (unpaired) electrons. The van der Waals surface area contributed by atoms with Crippen molar-refractivity contribution in [3.63, 3.8) is 0 Å². The van der Waals surface area contributed by atoms with Gasteiger partial charge in [-0.25, -0.2) is 0 Å². The molecule has 0 fully saturated rings. The monoisotopic (exact) mass is 325 g/mol. The van der Waals surface area contributed by atoms with Crippen LogP contribution in [0.2, 0.25) is 0 Å². The summed E-state index contributed by atoms with van der Waals surface area (Å²) in [6, 6.07) is 8.67. The van der Waals surface area contributed by atoms with Crippen molar-refractivity contribution in [1.29, 1.82) is 0 Å². The van der Waals surface area contributed by atoms with Gasteiger partial charge in [0.05, 0.1) is 7.11 Å². The molecule has 0 aromatic heterocycles. The molecule has 5 rings (SSSR count). The maximum Gasteiger partial charge on any atom is 0.231 e. The average molecular weight is 325 g/mol. The minimum absolute atomic E-state index is 0.213. The molecule has 5 nitrogen and oxygen atoms in total. The third-order valence-electron chi connectivity index (χ3n) is 5.60. The van der Waals surface area contributed by atoms with Gasteiger partial charge >= 0.3 is 0 Å². The predicted molar refractivity (Wildman–Crippen MR) is 87.9 cm³/mol. The Morgan fingerprint density at radius 3 is 2.33 bits per heavy atom. The fourth-order valence-corrected chi connectivity index (χ4v) is 4.35. The summed E-state index contributed by atoms with van der Waals surface area (Å²) >= 11 is 0. The number of phenols is 1. The number of rotatable bonds is 1. The maximum atomic E-state index is 10.1. The zero-order chi connectivity index (χ0) is 16.4. The van der Waals surface area contributed by atoms with Crippen molar-refractivity contribution in [2.24, 2.45) is 0 Å². The highest BCUT2D eigenvalue weighted by atomic mass is 16.7. The summed E-state index contributed by atoms with van der Waals surface area (Å²) in [4.78, 5) is 2.42. The maximum absolute atomic E-state index is 10.1. The molecular weight excluding hydrogens is 306 g/mol. The number of methoxy groups -OCH3 is 1. The lowest BCUT2D eigenvalue weighted by Crippen LogP contribution is -2.40. The Morgan fingerprint density at radius 1 is 1.00 bits per heavy atom. The number of aromatic hydroxyl groups is 1. The van der Waals surface area contributed by atoms with Crippen LogP contribution in [0.5, 0.6) is 23.0 Å². The minimum Gasteiger partial charge on any atom is -0.504 e. The summed E-state index contributed by atoms with van der Waals surface area (Å²) in [7, 11) is 3.76. The number of likely N-dealkylation sites (N-methyl/N-ethyl adjacent to an activating group) is 1. The van der Waals surface area contributed by atoms with E-state index in [-0.39, 0.29) is 17.8 Å². The predicted octanol–water partition coefficient (Wildman–Crippen LogP) is 2.96. The van der Waals surface area contributed by atoms with E-state index in [4.69, 9.17) is 14.2 Å². The van der Waals surface area contributed by atoms with Crippen LogP contribution in [-0.4, -0.2) is 31.0 Å². The fraction of sp³-hybridized carbons (Fsp3) is 0.368. The standard InChI is InChI=1S/C19H19NO4/c1-20-14-3-10-5-16(21)17(22-2)7-12(10)15(20)4-11-6-18-19(8-13(11)14)24-9-23-18/h5-8,14-15,21H,3-4,9H2,1-2H3/t14-,15-/m0/s1. The lowest BCUT2D eigenvalue weighted by atomic mass is 9.76. The van der Waals surface area contributed by atoms with Crippen LogP contribution in [0, 0.1) is 0 Å². The van der Waals surface area contributed by atoms with Crippen LogP contribution in [0.15, 0.2) is 24.3 Å². The lowest BCUT2D eigenvalue weighted by molar-refractivity contribution is 0.137. The largest absolute Gasteiger partial charge is 0.504 e. The van der Waals surface area contributed by atoms with E-state index in [9.17, 15) is 5.11 Å². The molecule has 3 aliphatic heterocycles. The smallest absolute Gasteiger partial charge is 0.231 e. The van der Waals surface area contributed by atoms with Crippen molar-refractivity contribution in [1.82, 2.24) is 4.90 Å². The molecule has 0 spiro atoms. The quantitative estimate of drug-likeness (QED) is 0.873. The Bertz CT molecular complexity index is 848. The number of hydrogen-bond acceptors (Lipinski definition) is 5. The third-order valence-corrected chi connectivity index (χ3v) is 5.60. The molecular formula is C19H19NO4. The molecule has 2 aromatic carbocycles. The van der Waals surface area contributed by atoms with Crippen molar-refractivity contribution >= 4 is 0 Å². The highest BCUT2D eigenvalue weighted by Gasteiger charge is 2.39. The molecule has 0 amide bonds. The summed E-state index contributed by atoms with van der Waals surface area (Å²) in [5.41, 5.74) is 5.07. The molecule has 3 aliphatic rings. The van der Waals surface area contributed by atoms with Gasteiger partial charge in [-0.2, -0.15) is 0 Å². The highest BCUT2D eigenvalue weighted by Crippen LogP contribution is 2.50. The molecule has 2 bridgehead atoms. The van der Waals surface area contributed by atoms with Crippen molar-refractivity contribution < 1.29 is 19.3 Å². The van der Waals surface area contributed by atoms with Crippen molar-refractivity contribution in [3.05, 3.63) is 46.5 Å². The van der Waals surface area contributed by atoms with Gasteiger partial charge in [-0.1, -0.05) is 0 Å². The first-order valence-corrected chi connectivity index (χ1v) is 8.20. The Balaban J connectivity index is 1.65. The zero-order valence-electron chi connectivity index (χ0n) is 13.7. The number of benzene rings is 2. The van der Waals surface area contributed by atoms with E-state index in [0.29, 0.717) is 12.5 Å². The number of fused-ring (bicyclic) bond motifs is 7. The van der Waals surface area contributed by atoms with Gasteiger partial charge in [0.2, 0.25) is 6.79 Å². The second kappa shape index (κ2) is 4.80. The summed E-state index contributed by atoms with van der Waals surface area (Å²) in [6.07, 6.45) is 1.78. The van der Waals surface area contributed by atoms with Crippen molar-refractivity contribution in [2.45, 2.75) is 24.9 Å². The van der Waals surface area contributed by atoms with Crippen LogP contribution in [0.3, 0.4) is 0 Å². The molecule has 3 heterocycles. The second-order valence-electron chi connectivity index (χ2n) is 6.73. The van der Waals surface area contributed by atoms with Crippen LogP contribution in [-0.2, 0) is 12.8 Å². The van der Waals surface area contributed by atoms with Crippen LogP contribution >= 0.6 is 0 Å². The molecule has 0 aliphatic carbocycles. The zero-order valence-corrected chi connectivity index (χ0v) is 13.7. The molecule has 124 valence electrons. The fourth-order valence-electron chi connectivity index (χ4n) is 4.35. The van der Waals surface area contributed by atoms with E-state index in [0.717, 1.165) is 24.3 Å². The number of hydrogen-bond donors (Lipinski definition) is 1. The normalized spacial score (nSPS) is 23.6. The summed E-state index contributed by atoms with van der Waals surface area (Å²) in [6.45, 7) is 0.299. The van der Waals surface area contributed by atoms with E-state index in [1.807, 2.05) is 12.1 Å². The summed E-state index contributed by atoms with van der Waals surface area (Å²) < 4.78 is 16.4. The minimum atomic E-state index is 0.213. The van der Waals surface area contributed by atoms with Gasteiger partial charge in [-0.05, 0) is 66.4 Å². The Morgan fingerprint density at radius 2 is 1.62 bits per heavy atom. The van der Waals surface area contributed by atoms with Crippen molar-refractivity contribution in [3.8, 4) is 23.0 Å². The van der Waals surface area contributed by atoms with Crippen LogP contribution < -0.4 is 14.2 Å². The van der Waals surface area contributed by atoms with Gasteiger partial charge in [0, 0.05) is 12.1 Å². The molecule has 1 N–H and O–H groups in total. The second-order valence-corrected chi connectivity index (χ2v) is 6.73. The van der Waals surface area contributed by atoms with Crippen LogP contribution in [0.4, 0.5) is 0 Å². The first kappa shape index (κ1) is 14.0. The first-order chi connectivity index (χ1) is 11.7. The van der Waals surface area contributed by atoms with E-state index in [1.165, 1.54) is 22.3 Å². The molecule has 24 heavy (non-hydrogen) atoms. The van der Waals surface area contributed by atoms with Crippen molar-refractivity contribution in [2.75, 3.05) is 21.0 Å². The molecule has 0 unspecified atom stereocenters. The number of ether oxygens (including phenoxy) is 3. The first-order valence-electron chi connectivity index (χ1n) is 8.20. The van der Waals surface area contributed by atoms with Gasteiger partial charge < -0.3 is 19.3 Å². The molecule has 2 aromatic rings. The molecule has 2 atom stereocenters. The number of phenolic OH excluding ortho intramolecular Hbond substituents is 1. The van der Waals surface area contributed by atoms with Gasteiger partial charge in [0.1, 0.15) is 0 Å². The topological polar surface area (TPSA) is 51.2 Å². The molecule has 0 saturated carbocycles. The van der Waals surface area contributed by atoms with Crippen LogP contribution in [0.1, 0.15) is 34.3 Å². The average Bonchev–Trinajstić information content (AvgIpc) is 3.02. The number of nitrogens with zero attached hydrogens (tertiary/aromatic N) is 1. The van der Waals surface area contributed by atoms with Gasteiger partial charge in [-0.3, -0.25) is 4.90 Å². The Hall–Kier alpha value is -2.40. The lowest BCUT2D eigenvalue weighted by Gasteiger charge is -2.46. The van der Waals surface area contributed by atoms with Gasteiger partial charge in [-0.15, -0.1) is 0 Å². The summed E-state index contributed by atoms with van der Waals surface area (Å²) in [5.74, 6) is 2.44.